The van der Waals surface area contributed by atoms with Gasteiger partial charge < -0.3 is 9.47 Å². The van der Waals surface area contributed by atoms with Crippen molar-refractivity contribution in [3.63, 3.8) is 0 Å². The van der Waals surface area contributed by atoms with Gasteiger partial charge in [0.05, 0.1) is 23.9 Å². The molecule has 0 spiro atoms. The average molecular weight is 310 g/mol. The third-order valence-corrected chi connectivity index (χ3v) is 5.47. The number of hydrogen-bond donors (Lipinski definition) is 0. The van der Waals surface area contributed by atoms with Crippen LogP contribution in [0.5, 0.6) is 0 Å². The minimum Gasteiger partial charge on any atom is -0.350 e. The molecule has 1 aromatic heterocycles. The van der Waals surface area contributed by atoms with Gasteiger partial charge >= 0.3 is 0 Å². The number of thiazole rings is 1. The third kappa shape index (κ3) is 3.83. The molecule has 2 fully saturated rings. The summed E-state index contributed by atoms with van der Waals surface area (Å²) in [7, 11) is 0. The van der Waals surface area contributed by atoms with Crippen LogP contribution in [0.1, 0.15) is 44.3 Å². The Labute approximate surface area is 131 Å². The number of aromatic nitrogens is 1. The van der Waals surface area contributed by atoms with Crippen LogP contribution in [0.4, 0.5) is 0 Å². The van der Waals surface area contributed by atoms with Crippen LogP contribution < -0.4 is 0 Å². The van der Waals surface area contributed by atoms with E-state index < -0.39 is 0 Å². The van der Waals surface area contributed by atoms with Gasteiger partial charge in [-0.25, -0.2) is 4.98 Å². The highest BCUT2D eigenvalue weighted by molar-refractivity contribution is 7.09. The van der Waals surface area contributed by atoms with E-state index in [-0.39, 0.29) is 11.7 Å². The summed E-state index contributed by atoms with van der Waals surface area (Å²) in [4.78, 5) is 7.31. The van der Waals surface area contributed by atoms with Gasteiger partial charge in [0.25, 0.3) is 0 Å². The zero-order valence-electron chi connectivity index (χ0n) is 13.3. The first-order chi connectivity index (χ1) is 10.0. The summed E-state index contributed by atoms with van der Waals surface area (Å²) in [5.41, 5.74) is 1.36. The van der Waals surface area contributed by atoms with Crippen LogP contribution in [-0.4, -0.2) is 42.5 Å². The van der Waals surface area contributed by atoms with Crippen molar-refractivity contribution in [2.75, 3.05) is 26.3 Å². The maximum absolute atomic E-state index is 5.68. The van der Waals surface area contributed by atoms with Crippen LogP contribution in [-0.2, 0) is 21.4 Å². The first kappa shape index (κ1) is 15.4. The number of hydrogen-bond acceptors (Lipinski definition) is 5. The minimum absolute atomic E-state index is 0.0216. The topological polar surface area (TPSA) is 34.6 Å². The molecule has 0 saturated carbocycles. The second-order valence-electron chi connectivity index (χ2n) is 7.14. The van der Waals surface area contributed by atoms with Crippen molar-refractivity contribution in [1.29, 1.82) is 0 Å². The van der Waals surface area contributed by atoms with E-state index in [4.69, 9.17) is 14.5 Å². The molecule has 0 N–H and O–H groups in total. The van der Waals surface area contributed by atoms with Crippen molar-refractivity contribution in [1.82, 2.24) is 9.88 Å². The molecule has 2 aliphatic heterocycles. The van der Waals surface area contributed by atoms with Crippen LogP contribution in [0.2, 0.25) is 0 Å². The van der Waals surface area contributed by atoms with Crippen molar-refractivity contribution >= 4 is 11.3 Å². The Hall–Kier alpha value is -0.490. The van der Waals surface area contributed by atoms with Crippen molar-refractivity contribution < 1.29 is 9.47 Å². The molecule has 3 rings (SSSR count). The van der Waals surface area contributed by atoms with Gasteiger partial charge in [-0.05, 0) is 19.4 Å². The summed E-state index contributed by atoms with van der Waals surface area (Å²) in [5.74, 6) is 0.516. The van der Waals surface area contributed by atoms with E-state index in [0.29, 0.717) is 5.92 Å². The molecular weight excluding hydrogens is 284 g/mol. The second-order valence-corrected chi connectivity index (χ2v) is 8.00. The fraction of sp³-hybridized carbons (Fsp3) is 0.812. The van der Waals surface area contributed by atoms with Gasteiger partial charge in [-0.1, -0.05) is 20.8 Å². The lowest BCUT2D eigenvalue weighted by Crippen LogP contribution is -2.40. The van der Waals surface area contributed by atoms with E-state index in [1.807, 2.05) is 0 Å². The molecule has 2 aliphatic rings. The molecule has 0 amide bonds. The Balaban J connectivity index is 1.58. The second kappa shape index (κ2) is 6.32. The lowest BCUT2D eigenvalue weighted by molar-refractivity contribution is -0.101. The Kier molecular flexibility index (Phi) is 4.64. The first-order valence-corrected chi connectivity index (χ1v) is 8.81. The Morgan fingerprint density at radius 1 is 1.33 bits per heavy atom. The van der Waals surface area contributed by atoms with E-state index in [0.717, 1.165) is 32.8 Å². The van der Waals surface area contributed by atoms with E-state index in [1.54, 1.807) is 11.3 Å². The highest BCUT2D eigenvalue weighted by Crippen LogP contribution is 2.28. The Bertz CT molecular complexity index is 463. The molecular formula is C16H26N2O2S. The molecule has 1 atom stereocenters. The summed E-state index contributed by atoms with van der Waals surface area (Å²) in [5, 5.41) is 3.45. The molecule has 0 aromatic carbocycles. The first-order valence-electron chi connectivity index (χ1n) is 7.93. The third-order valence-electron chi connectivity index (χ3n) is 4.15. The summed E-state index contributed by atoms with van der Waals surface area (Å²) < 4.78 is 11.4. The number of rotatable bonds is 3. The summed E-state index contributed by atoms with van der Waals surface area (Å²) in [6.07, 6.45) is 2.46. The lowest BCUT2D eigenvalue weighted by atomic mass is 9.97. The average Bonchev–Trinajstić information content (AvgIpc) is 3.09. The van der Waals surface area contributed by atoms with Gasteiger partial charge in [-0.2, -0.15) is 0 Å². The normalized spacial score (nSPS) is 25.6. The van der Waals surface area contributed by atoms with Crippen molar-refractivity contribution in [2.24, 2.45) is 5.92 Å². The predicted molar refractivity (Wildman–Crippen MR) is 84.5 cm³/mol. The standard InChI is InChI=1S/C16H26N2O2S/c1-16(2,3)15-17-13(11-21-15)10-18-6-4-5-12(9-18)14-19-7-8-20-14/h11-12,14H,4-10H2,1-3H3. The Morgan fingerprint density at radius 3 is 2.76 bits per heavy atom. The maximum Gasteiger partial charge on any atom is 0.161 e. The van der Waals surface area contributed by atoms with E-state index in [9.17, 15) is 0 Å². The smallest absolute Gasteiger partial charge is 0.161 e. The molecule has 118 valence electrons. The van der Waals surface area contributed by atoms with Gasteiger partial charge in [0.2, 0.25) is 0 Å². The molecule has 0 radical (unpaired) electrons. The highest BCUT2D eigenvalue weighted by Gasteiger charge is 2.31. The van der Waals surface area contributed by atoms with Crippen LogP contribution >= 0.6 is 11.3 Å². The van der Waals surface area contributed by atoms with Crippen LogP contribution in [0, 0.1) is 5.92 Å². The number of ether oxygens (including phenoxy) is 2. The SMILES string of the molecule is CC(C)(C)c1nc(CN2CCCC(C3OCCO3)C2)cs1. The van der Waals surface area contributed by atoms with Crippen LogP contribution in [0.3, 0.4) is 0 Å². The highest BCUT2D eigenvalue weighted by atomic mass is 32.1. The van der Waals surface area contributed by atoms with Crippen molar-refractivity contribution in [2.45, 2.75) is 51.9 Å². The maximum atomic E-state index is 5.68. The van der Waals surface area contributed by atoms with Crippen molar-refractivity contribution in [3.05, 3.63) is 16.1 Å². The Morgan fingerprint density at radius 2 is 2.10 bits per heavy atom. The van der Waals surface area contributed by atoms with E-state index in [2.05, 4.69) is 31.1 Å². The minimum atomic E-state index is 0.0216. The molecule has 1 aromatic rings. The molecule has 3 heterocycles. The van der Waals surface area contributed by atoms with E-state index in [1.165, 1.54) is 23.5 Å². The molecule has 5 heteroatoms. The molecule has 0 bridgehead atoms. The quantitative estimate of drug-likeness (QED) is 0.859. The zero-order valence-corrected chi connectivity index (χ0v) is 14.1. The fourth-order valence-corrected chi connectivity index (χ4v) is 3.96. The molecule has 0 aliphatic carbocycles. The number of likely N-dealkylation sites (tertiary alicyclic amines) is 1. The molecule has 1 unspecified atom stereocenters. The van der Waals surface area contributed by atoms with Gasteiger partial charge in [0, 0.05) is 29.8 Å². The predicted octanol–water partition coefficient (Wildman–Crippen LogP) is 3.03. The number of nitrogens with zero attached hydrogens (tertiary/aromatic N) is 2. The number of piperidine rings is 1. The molecule has 2 saturated heterocycles. The monoisotopic (exact) mass is 310 g/mol. The molecule has 4 nitrogen and oxygen atoms in total. The summed E-state index contributed by atoms with van der Waals surface area (Å²) in [6, 6.07) is 0. The van der Waals surface area contributed by atoms with Crippen LogP contribution in [0.15, 0.2) is 5.38 Å². The lowest BCUT2D eigenvalue weighted by Gasteiger charge is -2.34. The summed E-state index contributed by atoms with van der Waals surface area (Å²) >= 11 is 1.78. The fourth-order valence-electron chi connectivity index (χ4n) is 3.06. The van der Waals surface area contributed by atoms with Gasteiger partial charge in [0.15, 0.2) is 6.29 Å². The largest absolute Gasteiger partial charge is 0.350 e. The van der Waals surface area contributed by atoms with Crippen molar-refractivity contribution in [3.8, 4) is 0 Å². The zero-order chi connectivity index (χ0) is 14.9. The molecule has 21 heavy (non-hydrogen) atoms. The van der Waals surface area contributed by atoms with E-state index >= 15 is 0 Å². The summed E-state index contributed by atoms with van der Waals surface area (Å²) in [6.45, 7) is 11.3. The van der Waals surface area contributed by atoms with Gasteiger partial charge in [-0.15, -0.1) is 11.3 Å². The van der Waals surface area contributed by atoms with Gasteiger partial charge in [0.1, 0.15) is 0 Å². The van der Waals surface area contributed by atoms with Crippen LogP contribution in [0.25, 0.3) is 0 Å². The van der Waals surface area contributed by atoms with Gasteiger partial charge in [-0.3, -0.25) is 4.90 Å².